The van der Waals surface area contributed by atoms with Crippen LogP contribution in [0.15, 0.2) is 36.4 Å². The third-order valence-electron chi connectivity index (χ3n) is 3.42. The largest absolute Gasteiger partial charge is 0.385 e. The number of ketones is 1. The van der Waals surface area contributed by atoms with E-state index < -0.39 is 16.9 Å². The lowest BCUT2D eigenvalue weighted by molar-refractivity contribution is -0.135. The van der Waals surface area contributed by atoms with Crippen molar-refractivity contribution in [1.29, 1.82) is 0 Å². The quantitative estimate of drug-likeness (QED) is 0.896. The lowest BCUT2D eigenvalue weighted by atomic mass is 9.76. The number of hydrogen-bond acceptors (Lipinski definition) is 2. The van der Waals surface area contributed by atoms with Crippen LogP contribution in [-0.2, 0) is 4.79 Å². The van der Waals surface area contributed by atoms with Gasteiger partial charge in [-0.25, -0.2) is 0 Å². The average molecular weight is 260 g/mol. The zero-order valence-corrected chi connectivity index (χ0v) is 12.5. The van der Waals surface area contributed by atoms with Crippen LogP contribution < -0.4 is 0 Å². The molecule has 0 amide bonds. The Bertz CT molecular complexity index is 450. The minimum absolute atomic E-state index is 0.0650. The highest BCUT2D eigenvalue weighted by atomic mass is 16.3. The van der Waals surface area contributed by atoms with Gasteiger partial charge in [-0.2, -0.15) is 0 Å². The molecule has 0 aromatic heterocycles. The highest BCUT2D eigenvalue weighted by molar-refractivity contribution is 5.87. The van der Waals surface area contributed by atoms with E-state index in [1.165, 1.54) is 0 Å². The summed E-state index contributed by atoms with van der Waals surface area (Å²) in [6.07, 6.45) is 3.56. The van der Waals surface area contributed by atoms with Crippen LogP contribution in [-0.4, -0.2) is 16.5 Å². The van der Waals surface area contributed by atoms with E-state index in [0.29, 0.717) is 0 Å². The molecule has 2 heteroatoms. The van der Waals surface area contributed by atoms with Gasteiger partial charge in [0.25, 0.3) is 0 Å². The Morgan fingerprint density at radius 2 is 1.68 bits per heavy atom. The van der Waals surface area contributed by atoms with Crippen molar-refractivity contribution in [1.82, 2.24) is 0 Å². The molecule has 2 nitrogen and oxygen atoms in total. The van der Waals surface area contributed by atoms with Gasteiger partial charge in [0.15, 0.2) is 0 Å². The molecule has 0 bridgehead atoms. The van der Waals surface area contributed by atoms with Crippen LogP contribution in [0.25, 0.3) is 6.08 Å². The van der Waals surface area contributed by atoms with Gasteiger partial charge in [-0.05, 0) is 12.5 Å². The molecule has 104 valence electrons. The van der Waals surface area contributed by atoms with E-state index in [-0.39, 0.29) is 5.78 Å². The van der Waals surface area contributed by atoms with Gasteiger partial charge in [0.2, 0.25) is 0 Å². The van der Waals surface area contributed by atoms with E-state index in [9.17, 15) is 9.90 Å². The second-order valence-electron chi connectivity index (χ2n) is 6.31. The fourth-order valence-electron chi connectivity index (χ4n) is 1.89. The maximum absolute atomic E-state index is 12.2. The van der Waals surface area contributed by atoms with Crippen LogP contribution in [0.4, 0.5) is 0 Å². The van der Waals surface area contributed by atoms with E-state index in [4.69, 9.17) is 0 Å². The number of carbonyl (C=O) groups is 1. The lowest BCUT2D eigenvalue weighted by Crippen LogP contribution is -2.41. The molecular formula is C17H24O2. The van der Waals surface area contributed by atoms with Gasteiger partial charge in [0, 0.05) is 11.3 Å². The van der Waals surface area contributed by atoms with Crippen molar-refractivity contribution in [2.75, 3.05) is 0 Å². The van der Waals surface area contributed by atoms with Gasteiger partial charge in [-0.15, -0.1) is 0 Å². The molecule has 0 saturated carbocycles. The summed E-state index contributed by atoms with van der Waals surface area (Å²) >= 11 is 0. The lowest BCUT2D eigenvalue weighted by Gasteiger charge is -2.31. The molecule has 0 radical (unpaired) electrons. The van der Waals surface area contributed by atoms with Gasteiger partial charge in [0.1, 0.15) is 5.78 Å². The number of aliphatic hydroxyl groups is 1. The molecule has 0 heterocycles. The van der Waals surface area contributed by atoms with Crippen molar-refractivity contribution >= 4 is 11.9 Å². The molecule has 0 aliphatic heterocycles. The van der Waals surface area contributed by atoms with Crippen molar-refractivity contribution in [3.8, 4) is 0 Å². The fraction of sp³-hybridized carbons (Fsp3) is 0.471. The molecule has 0 fully saturated rings. The summed E-state index contributed by atoms with van der Waals surface area (Å²) in [5, 5.41) is 10.5. The number of Topliss-reactive ketones (excluding diaryl/α,β-unsaturated/α-hetero) is 1. The van der Waals surface area contributed by atoms with Crippen molar-refractivity contribution in [3.63, 3.8) is 0 Å². The fourth-order valence-corrected chi connectivity index (χ4v) is 1.89. The summed E-state index contributed by atoms with van der Waals surface area (Å²) in [5.41, 5.74) is -0.567. The van der Waals surface area contributed by atoms with Crippen molar-refractivity contribution < 1.29 is 9.90 Å². The minimum atomic E-state index is -1.14. The number of hydrogen-bond donors (Lipinski definition) is 1. The molecule has 1 aromatic rings. The number of benzene rings is 1. The molecule has 1 N–H and O–H groups in total. The first-order chi connectivity index (χ1) is 8.64. The summed E-state index contributed by atoms with van der Waals surface area (Å²) in [7, 11) is 0. The third kappa shape index (κ3) is 4.32. The molecule has 0 unspecified atom stereocenters. The summed E-state index contributed by atoms with van der Waals surface area (Å²) in [6.45, 7) is 9.10. The minimum Gasteiger partial charge on any atom is -0.385 e. The standard InChI is InChI=1S/C17H24O2/c1-13(15(18)16(2,3)4)17(5,19)12-11-14-9-7-6-8-10-14/h6-13,19H,1-5H3/b12-11+/t13-,17+/m1/s1. The predicted molar refractivity (Wildman–Crippen MR) is 79.7 cm³/mol. The van der Waals surface area contributed by atoms with Gasteiger partial charge >= 0.3 is 0 Å². The molecule has 0 aliphatic rings. The summed E-state index contributed by atoms with van der Waals surface area (Å²) in [5.74, 6) is -0.373. The first kappa shape index (κ1) is 15.6. The number of carbonyl (C=O) groups excluding carboxylic acids is 1. The summed E-state index contributed by atoms with van der Waals surface area (Å²) < 4.78 is 0. The maximum Gasteiger partial charge on any atom is 0.144 e. The average Bonchev–Trinajstić information content (AvgIpc) is 2.35. The zero-order chi connectivity index (χ0) is 14.7. The summed E-state index contributed by atoms with van der Waals surface area (Å²) in [6, 6.07) is 9.75. The van der Waals surface area contributed by atoms with Gasteiger partial charge in [0.05, 0.1) is 5.60 Å². The molecule has 19 heavy (non-hydrogen) atoms. The highest BCUT2D eigenvalue weighted by Gasteiger charge is 2.36. The van der Waals surface area contributed by atoms with E-state index in [1.807, 2.05) is 57.2 Å². The Balaban J connectivity index is 2.87. The van der Waals surface area contributed by atoms with Crippen LogP contribution in [0.5, 0.6) is 0 Å². The van der Waals surface area contributed by atoms with Crippen molar-refractivity contribution in [3.05, 3.63) is 42.0 Å². The monoisotopic (exact) mass is 260 g/mol. The van der Waals surface area contributed by atoms with E-state index in [1.54, 1.807) is 19.9 Å². The Morgan fingerprint density at radius 3 is 2.16 bits per heavy atom. The summed E-state index contributed by atoms with van der Waals surface area (Å²) in [4.78, 5) is 12.2. The van der Waals surface area contributed by atoms with Gasteiger partial charge in [-0.3, -0.25) is 4.79 Å². The predicted octanol–water partition coefficient (Wildman–Crippen LogP) is 3.70. The highest BCUT2D eigenvalue weighted by Crippen LogP contribution is 2.28. The zero-order valence-electron chi connectivity index (χ0n) is 12.5. The SMILES string of the molecule is C[C@H](C(=O)C(C)(C)C)[C@@](C)(O)/C=C/c1ccccc1. The van der Waals surface area contributed by atoms with Crippen LogP contribution >= 0.6 is 0 Å². The maximum atomic E-state index is 12.2. The Morgan fingerprint density at radius 1 is 1.16 bits per heavy atom. The van der Waals surface area contributed by atoms with Crippen LogP contribution in [0, 0.1) is 11.3 Å². The van der Waals surface area contributed by atoms with E-state index in [2.05, 4.69) is 0 Å². The third-order valence-corrected chi connectivity index (χ3v) is 3.42. The molecule has 0 spiro atoms. The first-order valence-electron chi connectivity index (χ1n) is 6.65. The van der Waals surface area contributed by atoms with Crippen LogP contribution in [0.3, 0.4) is 0 Å². The molecule has 2 atom stereocenters. The Kier molecular flexibility index (Phi) is 4.70. The van der Waals surface area contributed by atoms with Crippen molar-refractivity contribution in [2.45, 2.75) is 40.2 Å². The van der Waals surface area contributed by atoms with Gasteiger partial charge in [-0.1, -0.05) is 70.2 Å². The van der Waals surface area contributed by atoms with Crippen LogP contribution in [0.1, 0.15) is 40.2 Å². The Hall–Kier alpha value is -1.41. The van der Waals surface area contributed by atoms with E-state index >= 15 is 0 Å². The first-order valence-corrected chi connectivity index (χ1v) is 6.65. The Labute approximate surface area is 116 Å². The molecular weight excluding hydrogens is 236 g/mol. The van der Waals surface area contributed by atoms with Crippen molar-refractivity contribution in [2.24, 2.45) is 11.3 Å². The molecule has 1 rings (SSSR count). The topological polar surface area (TPSA) is 37.3 Å². The molecule has 0 aliphatic carbocycles. The van der Waals surface area contributed by atoms with Crippen LogP contribution in [0.2, 0.25) is 0 Å². The molecule has 0 saturated heterocycles. The normalized spacial score (nSPS) is 17.2. The van der Waals surface area contributed by atoms with E-state index in [0.717, 1.165) is 5.56 Å². The molecule has 1 aromatic carbocycles. The smallest absolute Gasteiger partial charge is 0.144 e. The van der Waals surface area contributed by atoms with Gasteiger partial charge < -0.3 is 5.11 Å². The number of rotatable bonds is 4. The second-order valence-corrected chi connectivity index (χ2v) is 6.31. The second kappa shape index (κ2) is 5.70.